The molecule has 1 saturated carbocycles. The molecule has 0 bridgehead atoms. The number of carbonyl (C=O) groups excluding carboxylic acids is 2. The van der Waals surface area contributed by atoms with E-state index in [0.29, 0.717) is 63.9 Å². The molecule has 0 radical (unpaired) electrons. The number of unbranched alkanes of at least 4 members (excludes halogenated alkanes) is 1. The fourth-order valence-corrected chi connectivity index (χ4v) is 7.29. The fraction of sp³-hybridized carbons (Fsp3) is 0.571. The van der Waals surface area contributed by atoms with E-state index in [1.807, 2.05) is 4.90 Å². The molecule has 0 aromatic heterocycles. The van der Waals surface area contributed by atoms with Gasteiger partial charge in [-0.25, -0.2) is 4.79 Å². The van der Waals surface area contributed by atoms with Crippen LogP contribution in [-0.4, -0.2) is 81.7 Å². The van der Waals surface area contributed by atoms with Gasteiger partial charge in [0.25, 0.3) is 0 Å². The van der Waals surface area contributed by atoms with Crippen LogP contribution < -0.4 is 10.1 Å². The van der Waals surface area contributed by atoms with Crippen molar-refractivity contribution in [2.45, 2.75) is 101 Å². The van der Waals surface area contributed by atoms with Gasteiger partial charge in [0.1, 0.15) is 17.3 Å². The van der Waals surface area contributed by atoms with Gasteiger partial charge in [-0.3, -0.25) is 14.5 Å². The van der Waals surface area contributed by atoms with Crippen LogP contribution in [0, 0.1) is 0 Å². The van der Waals surface area contributed by atoms with Gasteiger partial charge in [0, 0.05) is 39.0 Å². The van der Waals surface area contributed by atoms with Crippen LogP contribution in [0.15, 0.2) is 42.5 Å². The summed E-state index contributed by atoms with van der Waals surface area (Å²) in [5.74, 6) is -0.514. The Balaban J connectivity index is 1.21. The number of aromatic carboxylic acids is 1. The van der Waals surface area contributed by atoms with Crippen molar-refractivity contribution in [3.05, 3.63) is 64.7 Å². The van der Waals surface area contributed by atoms with Gasteiger partial charge in [-0.1, -0.05) is 62.9 Å². The molecule has 1 atom stereocenters. The SMILES string of the molecule is CCCCN1C(=O)[C@@H](CC2(O)CCCCC2)NC(=O)C12CCN(Cc1ccc(Cc3ccc(C(=O)O)cc3OC)cc1)CC2. The zero-order chi connectivity index (χ0) is 31.3. The number of methoxy groups -OCH3 is 1. The molecule has 0 unspecified atom stereocenters. The number of nitrogens with zero attached hydrogens (tertiary/aromatic N) is 2. The number of piperidine rings is 1. The lowest BCUT2D eigenvalue weighted by Gasteiger charge is -2.52. The van der Waals surface area contributed by atoms with Crippen LogP contribution in [0.5, 0.6) is 5.75 Å². The molecule has 238 valence electrons. The lowest BCUT2D eigenvalue weighted by Crippen LogP contribution is -2.73. The highest BCUT2D eigenvalue weighted by Gasteiger charge is 2.54. The van der Waals surface area contributed by atoms with Crippen LogP contribution in [-0.2, 0) is 22.6 Å². The second kappa shape index (κ2) is 13.7. The Morgan fingerprint density at radius 1 is 1.00 bits per heavy atom. The van der Waals surface area contributed by atoms with Crippen molar-refractivity contribution >= 4 is 17.8 Å². The van der Waals surface area contributed by atoms with Crippen molar-refractivity contribution in [3.8, 4) is 5.75 Å². The van der Waals surface area contributed by atoms with Gasteiger partial charge < -0.3 is 25.2 Å². The normalized spacial score (nSPS) is 21.7. The van der Waals surface area contributed by atoms with E-state index in [9.17, 15) is 24.6 Å². The highest BCUT2D eigenvalue weighted by Crippen LogP contribution is 2.37. The molecule has 3 N–H and O–H groups in total. The zero-order valence-electron chi connectivity index (χ0n) is 26.1. The third kappa shape index (κ3) is 6.94. The van der Waals surface area contributed by atoms with Crippen molar-refractivity contribution in [1.82, 2.24) is 15.1 Å². The first-order valence-corrected chi connectivity index (χ1v) is 16.2. The number of carboxylic acids is 1. The smallest absolute Gasteiger partial charge is 0.335 e. The van der Waals surface area contributed by atoms with Crippen LogP contribution >= 0.6 is 0 Å². The summed E-state index contributed by atoms with van der Waals surface area (Å²) in [7, 11) is 1.55. The average Bonchev–Trinajstić information content (AvgIpc) is 3.02. The molecule has 2 aromatic rings. The number of benzene rings is 2. The molecule has 9 heteroatoms. The van der Waals surface area contributed by atoms with E-state index in [1.165, 1.54) is 5.56 Å². The molecule has 2 saturated heterocycles. The Labute approximate surface area is 260 Å². The molecule has 2 aromatic carbocycles. The number of carboxylic acid groups (broad SMARTS) is 1. The van der Waals surface area contributed by atoms with Gasteiger partial charge in [-0.05, 0) is 60.9 Å². The number of carbonyl (C=O) groups is 3. The van der Waals surface area contributed by atoms with E-state index in [1.54, 1.807) is 25.3 Å². The van der Waals surface area contributed by atoms with Crippen LogP contribution in [0.4, 0.5) is 0 Å². The number of rotatable bonds is 11. The molecule has 5 rings (SSSR count). The monoisotopic (exact) mass is 605 g/mol. The van der Waals surface area contributed by atoms with Crippen LogP contribution in [0.25, 0.3) is 0 Å². The number of aliphatic hydroxyl groups is 1. The van der Waals surface area contributed by atoms with Crippen molar-refractivity contribution in [3.63, 3.8) is 0 Å². The second-order valence-corrected chi connectivity index (χ2v) is 13.0. The van der Waals surface area contributed by atoms with E-state index in [0.717, 1.165) is 49.8 Å². The summed E-state index contributed by atoms with van der Waals surface area (Å²) in [5.41, 5.74) is 1.70. The third-order valence-corrected chi connectivity index (χ3v) is 9.95. The van der Waals surface area contributed by atoms with Gasteiger partial charge in [0.15, 0.2) is 0 Å². The van der Waals surface area contributed by atoms with Crippen LogP contribution in [0.3, 0.4) is 0 Å². The number of piperazine rings is 1. The first kappa shape index (κ1) is 32.0. The minimum Gasteiger partial charge on any atom is -0.496 e. The van der Waals surface area contributed by atoms with E-state index in [2.05, 4.69) is 41.4 Å². The summed E-state index contributed by atoms with van der Waals surface area (Å²) in [6.07, 6.45) is 8.33. The largest absolute Gasteiger partial charge is 0.496 e. The number of amides is 2. The first-order valence-electron chi connectivity index (χ1n) is 16.2. The van der Waals surface area contributed by atoms with Gasteiger partial charge >= 0.3 is 5.97 Å². The molecule has 9 nitrogen and oxygen atoms in total. The number of hydrogen-bond donors (Lipinski definition) is 3. The van der Waals surface area contributed by atoms with Crippen molar-refractivity contribution in [2.75, 3.05) is 26.7 Å². The minimum atomic E-state index is -0.981. The number of likely N-dealkylation sites (tertiary alicyclic amines) is 1. The summed E-state index contributed by atoms with van der Waals surface area (Å²) in [6.45, 7) is 4.86. The Hall–Kier alpha value is -3.43. The number of nitrogens with one attached hydrogen (secondary N) is 1. The molecular formula is C35H47N3O6. The van der Waals surface area contributed by atoms with E-state index < -0.39 is 23.2 Å². The molecule has 2 amide bonds. The van der Waals surface area contributed by atoms with E-state index in [4.69, 9.17) is 4.74 Å². The Kier molecular flexibility index (Phi) is 9.95. The van der Waals surface area contributed by atoms with Crippen molar-refractivity contribution < 1.29 is 29.3 Å². The van der Waals surface area contributed by atoms with Gasteiger partial charge in [-0.15, -0.1) is 0 Å². The maximum atomic E-state index is 13.8. The Bertz CT molecular complexity index is 1330. The van der Waals surface area contributed by atoms with Gasteiger partial charge in [0.05, 0.1) is 18.3 Å². The number of ether oxygens (including phenoxy) is 1. The summed E-state index contributed by atoms with van der Waals surface area (Å²) < 4.78 is 5.43. The molecule has 3 fully saturated rings. The predicted octanol–water partition coefficient (Wildman–Crippen LogP) is 4.53. The second-order valence-electron chi connectivity index (χ2n) is 13.0. The maximum Gasteiger partial charge on any atom is 0.335 e. The molecule has 1 aliphatic carbocycles. The van der Waals surface area contributed by atoms with Crippen molar-refractivity contribution in [2.24, 2.45) is 0 Å². The Morgan fingerprint density at radius 3 is 2.32 bits per heavy atom. The molecule has 3 aliphatic rings. The maximum absolute atomic E-state index is 13.8. The topological polar surface area (TPSA) is 119 Å². The van der Waals surface area contributed by atoms with Crippen molar-refractivity contribution in [1.29, 1.82) is 0 Å². The summed E-state index contributed by atoms with van der Waals surface area (Å²) in [6, 6.07) is 12.7. The fourth-order valence-electron chi connectivity index (χ4n) is 7.29. The lowest BCUT2D eigenvalue weighted by atomic mass is 9.77. The Morgan fingerprint density at radius 2 is 1.68 bits per heavy atom. The summed E-state index contributed by atoms with van der Waals surface area (Å²) in [4.78, 5) is 43.1. The molecule has 1 spiro atoms. The predicted molar refractivity (Wildman–Crippen MR) is 168 cm³/mol. The van der Waals surface area contributed by atoms with E-state index >= 15 is 0 Å². The molecule has 2 heterocycles. The highest BCUT2D eigenvalue weighted by atomic mass is 16.5. The first-order chi connectivity index (χ1) is 21.2. The lowest BCUT2D eigenvalue weighted by molar-refractivity contribution is -0.163. The highest BCUT2D eigenvalue weighted by molar-refractivity contribution is 6.00. The molecule has 2 aliphatic heterocycles. The zero-order valence-corrected chi connectivity index (χ0v) is 26.1. The van der Waals surface area contributed by atoms with Crippen LogP contribution in [0.2, 0.25) is 0 Å². The van der Waals surface area contributed by atoms with Crippen LogP contribution in [0.1, 0.15) is 98.2 Å². The summed E-state index contributed by atoms with van der Waals surface area (Å²) >= 11 is 0. The van der Waals surface area contributed by atoms with Gasteiger partial charge in [0.2, 0.25) is 11.8 Å². The summed E-state index contributed by atoms with van der Waals surface area (Å²) in [5, 5.41) is 23.5. The molecular weight excluding hydrogens is 558 g/mol. The van der Waals surface area contributed by atoms with Gasteiger partial charge in [-0.2, -0.15) is 0 Å². The average molecular weight is 606 g/mol. The quantitative estimate of drug-likeness (QED) is 0.344. The third-order valence-electron chi connectivity index (χ3n) is 9.95. The minimum absolute atomic E-state index is 0.0321. The number of hydrogen-bond acceptors (Lipinski definition) is 6. The molecule has 44 heavy (non-hydrogen) atoms. The standard InChI is InChI=1S/C35H47N3O6/c1-3-4-18-38-31(39)29(23-34(43)14-6-5-7-15-34)36-33(42)35(38)16-19-37(20-17-35)24-26-10-8-25(9-11-26)21-27-12-13-28(32(40)41)22-30(27)44-2/h8-13,22,29,43H,3-7,14-21,23-24H2,1-2H3,(H,36,42)(H,40,41)/t29-/m1/s1. The van der Waals surface area contributed by atoms with E-state index in [-0.39, 0.29) is 17.4 Å².